The van der Waals surface area contributed by atoms with Crippen LogP contribution in [0.2, 0.25) is 0 Å². The van der Waals surface area contributed by atoms with Gasteiger partial charge in [0.1, 0.15) is 17.8 Å². The Balaban J connectivity index is 2.69. The van der Waals surface area contributed by atoms with Gasteiger partial charge in [-0.25, -0.2) is 0 Å². The summed E-state index contributed by atoms with van der Waals surface area (Å²) in [4.78, 5) is 0. The normalized spacial score (nSPS) is 46.4. The predicted octanol–water partition coefficient (Wildman–Crippen LogP) is -3.60. The number of aliphatic hydroxyl groups is 5. The number of piperidine rings is 1. The van der Waals surface area contributed by atoms with Gasteiger partial charge >= 0.3 is 0 Å². The minimum Gasteiger partial charge on any atom is -0.395 e. The fraction of sp³-hybridized carbons (Fsp3) is 1.00. The third-order valence-corrected chi connectivity index (χ3v) is 2.43. The summed E-state index contributed by atoms with van der Waals surface area (Å²) in [5.41, 5.74) is -1.73. The average Bonchev–Trinajstić information content (AvgIpc) is 2.15. The molecule has 4 atom stereocenters. The van der Waals surface area contributed by atoms with Crippen molar-refractivity contribution in [2.75, 3.05) is 19.8 Å². The molecule has 0 bridgehead atoms. The number of hydrogen-bond donors (Lipinski definition) is 6. The fourth-order valence-corrected chi connectivity index (χ4v) is 1.39. The van der Waals surface area contributed by atoms with Gasteiger partial charge < -0.3 is 30.8 Å². The van der Waals surface area contributed by atoms with Gasteiger partial charge in [-0.15, -0.1) is 0 Å². The summed E-state index contributed by atoms with van der Waals surface area (Å²) in [6, 6.07) is -0.665. The molecule has 0 spiro atoms. The number of β-amino-alcohol motifs (C(OH)–C–C–N with tert-alkyl or cyclic N) is 1. The van der Waals surface area contributed by atoms with Crippen LogP contribution in [0.1, 0.15) is 0 Å². The lowest BCUT2D eigenvalue weighted by Crippen LogP contribution is -2.68. The van der Waals surface area contributed by atoms with Crippen molar-refractivity contribution in [3.63, 3.8) is 0 Å². The Morgan fingerprint density at radius 3 is 2.38 bits per heavy atom. The molecule has 78 valence electrons. The highest BCUT2D eigenvalue weighted by molar-refractivity contribution is 5.01. The van der Waals surface area contributed by atoms with Crippen LogP contribution in [-0.4, -0.2) is 69.1 Å². The summed E-state index contributed by atoms with van der Waals surface area (Å²) in [6.07, 6.45) is -2.73. The molecule has 0 amide bonds. The minimum atomic E-state index is -1.73. The van der Waals surface area contributed by atoms with E-state index < -0.39 is 30.5 Å². The van der Waals surface area contributed by atoms with Crippen molar-refractivity contribution >= 4 is 0 Å². The number of hydrogen-bond acceptors (Lipinski definition) is 6. The minimum absolute atomic E-state index is 0.0625. The SMILES string of the molecule is OC[C@H]1NC[C@](O)(CO)[C@@H](O)[C@H]1O. The molecule has 0 saturated carbocycles. The maximum Gasteiger partial charge on any atom is 0.128 e. The Labute approximate surface area is 75.4 Å². The molecule has 6 nitrogen and oxygen atoms in total. The smallest absolute Gasteiger partial charge is 0.128 e. The lowest BCUT2D eigenvalue weighted by molar-refractivity contribution is -0.174. The van der Waals surface area contributed by atoms with E-state index in [4.69, 9.17) is 10.2 Å². The Hall–Kier alpha value is -0.240. The molecule has 1 aliphatic rings. The third kappa shape index (κ3) is 1.83. The van der Waals surface area contributed by atoms with E-state index in [1.54, 1.807) is 0 Å². The Morgan fingerprint density at radius 2 is 1.92 bits per heavy atom. The second-order valence-electron chi connectivity index (χ2n) is 3.37. The largest absolute Gasteiger partial charge is 0.395 e. The van der Waals surface area contributed by atoms with E-state index >= 15 is 0 Å². The molecule has 1 saturated heterocycles. The van der Waals surface area contributed by atoms with E-state index in [0.29, 0.717) is 0 Å². The quantitative estimate of drug-likeness (QED) is 0.270. The molecule has 0 aromatic rings. The van der Waals surface area contributed by atoms with Crippen LogP contribution in [0.3, 0.4) is 0 Å². The van der Waals surface area contributed by atoms with Crippen molar-refractivity contribution in [2.45, 2.75) is 23.9 Å². The monoisotopic (exact) mass is 193 g/mol. The standard InChI is InChI=1S/C7H15NO5/c9-1-4-5(11)6(12)7(13,3-10)2-8-4/h4-6,8-13H,1-3H2/t4-,5+,6+,7+/m1/s1. The van der Waals surface area contributed by atoms with Gasteiger partial charge in [-0.1, -0.05) is 0 Å². The first kappa shape index (κ1) is 10.8. The van der Waals surface area contributed by atoms with Crippen molar-refractivity contribution in [2.24, 2.45) is 0 Å². The highest BCUT2D eigenvalue weighted by Crippen LogP contribution is 2.19. The summed E-state index contributed by atoms with van der Waals surface area (Å²) >= 11 is 0. The third-order valence-electron chi connectivity index (χ3n) is 2.43. The molecule has 1 heterocycles. The first-order valence-electron chi connectivity index (χ1n) is 4.09. The van der Waals surface area contributed by atoms with E-state index in [-0.39, 0.29) is 13.2 Å². The van der Waals surface area contributed by atoms with Gasteiger partial charge in [0.25, 0.3) is 0 Å². The van der Waals surface area contributed by atoms with Crippen molar-refractivity contribution < 1.29 is 25.5 Å². The van der Waals surface area contributed by atoms with Crippen LogP contribution in [0, 0.1) is 0 Å². The molecule has 0 radical (unpaired) electrons. The lowest BCUT2D eigenvalue weighted by Gasteiger charge is -2.42. The summed E-state index contributed by atoms with van der Waals surface area (Å²) < 4.78 is 0. The van der Waals surface area contributed by atoms with E-state index in [9.17, 15) is 15.3 Å². The molecular weight excluding hydrogens is 178 g/mol. The van der Waals surface area contributed by atoms with Gasteiger partial charge in [0, 0.05) is 6.54 Å². The molecule has 0 aromatic carbocycles. The van der Waals surface area contributed by atoms with Crippen LogP contribution < -0.4 is 5.32 Å². The van der Waals surface area contributed by atoms with Crippen LogP contribution in [0.15, 0.2) is 0 Å². The molecule has 6 heteroatoms. The van der Waals surface area contributed by atoms with E-state index in [1.807, 2.05) is 0 Å². The molecule has 1 aliphatic heterocycles. The van der Waals surface area contributed by atoms with E-state index in [1.165, 1.54) is 0 Å². The molecule has 1 fully saturated rings. The second-order valence-corrected chi connectivity index (χ2v) is 3.37. The highest BCUT2D eigenvalue weighted by atomic mass is 16.4. The zero-order valence-corrected chi connectivity index (χ0v) is 7.09. The van der Waals surface area contributed by atoms with Gasteiger partial charge in [0.05, 0.1) is 19.3 Å². The van der Waals surface area contributed by atoms with Gasteiger partial charge in [-0.05, 0) is 0 Å². The molecule has 0 aromatic heterocycles. The fourth-order valence-electron chi connectivity index (χ4n) is 1.39. The maximum absolute atomic E-state index is 9.53. The molecule has 6 N–H and O–H groups in total. The number of rotatable bonds is 2. The van der Waals surface area contributed by atoms with Crippen LogP contribution in [0.25, 0.3) is 0 Å². The van der Waals surface area contributed by atoms with Crippen LogP contribution in [0.5, 0.6) is 0 Å². The first-order chi connectivity index (χ1) is 6.05. The van der Waals surface area contributed by atoms with Gasteiger partial charge in [0.2, 0.25) is 0 Å². The van der Waals surface area contributed by atoms with Gasteiger partial charge in [-0.3, -0.25) is 0 Å². The molecule has 0 unspecified atom stereocenters. The highest BCUT2D eigenvalue weighted by Gasteiger charge is 2.46. The predicted molar refractivity (Wildman–Crippen MR) is 42.9 cm³/mol. The number of nitrogens with one attached hydrogen (secondary N) is 1. The Kier molecular flexibility index (Phi) is 3.23. The zero-order chi connectivity index (χ0) is 10.1. The maximum atomic E-state index is 9.53. The molecule has 1 rings (SSSR count). The van der Waals surface area contributed by atoms with Crippen LogP contribution in [0.4, 0.5) is 0 Å². The van der Waals surface area contributed by atoms with Crippen LogP contribution >= 0.6 is 0 Å². The van der Waals surface area contributed by atoms with Crippen molar-refractivity contribution in [1.82, 2.24) is 5.32 Å². The van der Waals surface area contributed by atoms with Crippen molar-refractivity contribution in [3.05, 3.63) is 0 Å². The second kappa shape index (κ2) is 3.87. The van der Waals surface area contributed by atoms with Gasteiger partial charge in [0.15, 0.2) is 0 Å². The molecular formula is C7H15NO5. The van der Waals surface area contributed by atoms with Gasteiger partial charge in [-0.2, -0.15) is 0 Å². The Morgan fingerprint density at radius 1 is 1.31 bits per heavy atom. The summed E-state index contributed by atoms with van der Waals surface area (Å²) in [5, 5.41) is 48.4. The molecule has 0 aliphatic carbocycles. The topological polar surface area (TPSA) is 113 Å². The first-order valence-corrected chi connectivity index (χ1v) is 4.09. The zero-order valence-electron chi connectivity index (χ0n) is 7.09. The van der Waals surface area contributed by atoms with E-state index in [0.717, 1.165) is 0 Å². The summed E-state index contributed by atoms with van der Waals surface area (Å²) in [7, 11) is 0. The van der Waals surface area contributed by atoms with Crippen molar-refractivity contribution in [1.29, 1.82) is 0 Å². The van der Waals surface area contributed by atoms with Crippen molar-refractivity contribution in [3.8, 4) is 0 Å². The summed E-state index contributed by atoms with van der Waals surface area (Å²) in [6.45, 7) is -1.04. The lowest BCUT2D eigenvalue weighted by atomic mass is 9.86. The van der Waals surface area contributed by atoms with Crippen LogP contribution in [-0.2, 0) is 0 Å². The average molecular weight is 193 g/mol. The Bertz CT molecular complexity index is 178. The van der Waals surface area contributed by atoms with E-state index in [2.05, 4.69) is 5.32 Å². The molecule has 13 heavy (non-hydrogen) atoms. The summed E-state index contributed by atoms with van der Waals surface area (Å²) in [5.74, 6) is 0. The number of aliphatic hydroxyl groups excluding tert-OH is 4.